The summed E-state index contributed by atoms with van der Waals surface area (Å²) in [4.78, 5) is 36.8. The second kappa shape index (κ2) is 17.1. The number of aromatic nitrogens is 2. The minimum Gasteiger partial charge on any atom is -0.392 e. The van der Waals surface area contributed by atoms with E-state index in [1.54, 1.807) is 17.9 Å². The van der Waals surface area contributed by atoms with E-state index >= 15 is 0 Å². The lowest BCUT2D eigenvalue weighted by molar-refractivity contribution is -0.253. The van der Waals surface area contributed by atoms with E-state index in [9.17, 15) is 14.7 Å². The second-order valence-electron chi connectivity index (χ2n) is 11.8. The van der Waals surface area contributed by atoms with Crippen LogP contribution in [0, 0.1) is 0 Å². The van der Waals surface area contributed by atoms with Gasteiger partial charge in [-0.05, 0) is 35.6 Å². The number of aliphatic hydroxyl groups is 1. The van der Waals surface area contributed by atoms with Gasteiger partial charge in [0.1, 0.15) is 0 Å². The van der Waals surface area contributed by atoms with E-state index in [4.69, 9.17) is 14.7 Å². The third-order valence-electron chi connectivity index (χ3n) is 8.46. The van der Waals surface area contributed by atoms with Crippen molar-refractivity contribution in [2.24, 2.45) is 0 Å². The Hall–Kier alpha value is -3.94. The maximum atomic E-state index is 12.3. The molecule has 0 saturated carbocycles. The molecule has 3 aromatic rings. The average molecular weight is 633 g/mol. The van der Waals surface area contributed by atoms with Crippen LogP contribution in [0.2, 0.25) is 0 Å². The molecule has 0 unspecified atom stereocenters. The number of amides is 2. The van der Waals surface area contributed by atoms with Crippen LogP contribution in [0.15, 0.2) is 67.0 Å². The highest BCUT2D eigenvalue weighted by Gasteiger charge is 2.34. The molecule has 5 rings (SSSR count). The van der Waals surface area contributed by atoms with Crippen molar-refractivity contribution in [3.05, 3.63) is 89.2 Å². The molecule has 2 fully saturated rings. The number of anilines is 1. The van der Waals surface area contributed by atoms with E-state index in [1.807, 2.05) is 54.6 Å². The summed E-state index contributed by atoms with van der Waals surface area (Å²) in [5.74, 6) is 0.318. The molecule has 2 amide bonds. The van der Waals surface area contributed by atoms with Crippen molar-refractivity contribution in [3.63, 3.8) is 0 Å². The summed E-state index contributed by atoms with van der Waals surface area (Å²) < 4.78 is 13.1. The van der Waals surface area contributed by atoms with Gasteiger partial charge in [0.2, 0.25) is 17.8 Å². The highest BCUT2D eigenvalue weighted by molar-refractivity contribution is 5.76. The second-order valence-corrected chi connectivity index (χ2v) is 11.8. The minimum absolute atomic E-state index is 0.00151. The molecular formula is C34H44N6O6. The number of ether oxygens (including phenoxy) is 2. The summed E-state index contributed by atoms with van der Waals surface area (Å²) >= 11 is 0. The summed E-state index contributed by atoms with van der Waals surface area (Å²) in [6.45, 7) is 4.68. The number of hydrogen-bond acceptors (Lipinski definition) is 10. The van der Waals surface area contributed by atoms with Crippen LogP contribution < -0.4 is 15.7 Å². The standard InChI is InChI=1S/C34H44N6O6/c41-24-26-9-11-27(12-10-26)30-21-29(23-39-17-19-40(20-18-39)34-35-15-4-16-36-34)45-33(46-30)28-13-7-25(8-14-28)22-37-31(42)5-2-1-3-6-32(43)38-44/h4,7-16,29-30,33,41,44H,1-3,5-6,17-24H2,(H,37,42)(H,38,43)/t29-,30+,33+/m0/s1. The number of nitrogens with one attached hydrogen (secondary N) is 2. The van der Waals surface area contributed by atoms with Crippen molar-refractivity contribution in [1.82, 2.24) is 25.7 Å². The Morgan fingerprint density at radius 1 is 0.826 bits per heavy atom. The Labute approximate surface area is 269 Å². The summed E-state index contributed by atoms with van der Waals surface area (Å²) in [6, 6.07) is 17.7. The number of rotatable bonds is 14. The fourth-order valence-corrected chi connectivity index (χ4v) is 5.79. The van der Waals surface area contributed by atoms with Gasteiger partial charge < -0.3 is 24.8 Å². The molecular weight excluding hydrogens is 588 g/mol. The van der Waals surface area contributed by atoms with Gasteiger partial charge >= 0.3 is 0 Å². The van der Waals surface area contributed by atoms with Crippen molar-refractivity contribution in [2.75, 3.05) is 37.6 Å². The van der Waals surface area contributed by atoms with Gasteiger partial charge in [-0.25, -0.2) is 15.4 Å². The van der Waals surface area contributed by atoms with Gasteiger partial charge in [-0.15, -0.1) is 0 Å². The van der Waals surface area contributed by atoms with E-state index in [-0.39, 0.29) is 31.1 Å². The van der Waals surface area contributed by atoms with Gasteiger partial charge in [0, 0.05) is 76.5 Å². The quantitative estimate of drug-likeness (QED) is 0.118. The van der Waals surface area contributed by atoms with Gasteiger partial charge in [-0.3, -0.25) is 19.7 Å². The molecule has 246 valence electrons. The lowest BCUT2D eigenvalue weighted by Crippen LogP contribution is -2.50. The van der Waals surface area contributed by atoms with Gasteiger partial charge in [0.05, 0.1) is 18.8 Å². The molecule has 0 bridgehead atoms. The Morgan fingerprint density at radius 3 is 2.15 bits per heavy atom. The fraction of sp³-hybridized carbons (Fsp3) is 0.471. The van der Waals surface area contributed by atoms with Crippen LogP contribution in [0.4, 0.5) is 5.95 Å². The van der Waals surface area contributed by atoms with E-state index in [0.717, 1.165) is 73.8 Å². The van der Waals surface area contributed by atoms with Gasteiger partial charge in [-0.1, -0.05) is 55.0 Å². The summed E-state index contributed by atoms with van der Waals surface area (Å²) in [6.07, 6.45) is 6.20. The third-order valence-corrected chi connectivity index (χ3v) is 8.46. The first-order valence-corrected chi connectivity index (χ1v) is 16.0. The van der Waals surface area contributed by atoms with Crippen LogP contribution in [0.5, 0.6) is 0 Å². The van der Waals surface area contributed by atoms with E-state index in [1.165, 1.54) is 0 Å². The first-order valence-electron chi connectivity index (χ1n) is 16.0. The molecule has 4 N–H and O–H groups in total. The van der Waals surface area contributed by atoms with Crippen molar-refractivity contribution in [1.29, 1.82) is 0 Å². The van der Waals surface area contributed by atoms with Crippen LogP contribution in [-0.2, 0) is 32.2 Å². The first kappa shape index (κ1) is 33.4. The molecule has 2 saturated heterocycles. The van der Waals surface area contributed by atoms with Crippen molar-refractivity contribution in [3.8, 4) is 0 Å². The molecule has 46 heavy (non-hydrogen) atoms. The Morgan fingerprint density at radius 2 is 1.48 bits per heavy atom. The summed E-state index contributed by atoms with van der Waals surface area (Å²) in [7, 11) is 0. The lowest BCUT2D eigenvalue weighted by atomic mass is 9.99. The summed E-state index contributed by atoms with van der Waals surface area (Å²) in [5, 5.41) is 21.0. The molecule has 2 aliphatic heterocycles. The van der Waals surface area contributed by atoms with E-state index < -0.39 is 12.2 Å². The average Bonchev–Trinajstić information content (AvgIpc) is 3.11. The first-order chi connectivity index (χ1) is 22.5. The number of nitrogens with zero attached hydrogens (tertiary/aromatic N) is 4. The third kappa shape index (κ3) is 9.78. The Bertz CT molecular complexity index is 1370. The molecule has 12 nitrogen and oxygen atoms in total. The van der Waals surface area contributed by atoms with Gasteiger partial charge in [-0.2, -0.15) is 0 Å². The largest absolute Gasteiger partial charge is 0.392 e. The molecule has 3 atom stereocenters. The zero-order valence-corrected chi connectivity index (χ0v) is 26.1. The fourth-order valence-electron chi connectivity index (χ4n) is 5.79. The van der Waals surface area contributed by atoms with Crippen LogP contribution in [0.25, 0.3) is 0 Å². The zero-order valence-electron chi connectivity index (χ0n) is 26.1. The predicted molar refractivity (Wildman–Crippen MR) is 170 cm³/mol. The highest BCUT2D eigenvalue weighted by Crippen LogP contribution is 2.38. The smallest absolute Gasteiger partial charge is 0.243 e. The SMILES string of the molecule is O=C(CCCCCC(=O)NCc1ccc([C@@H]2O[C@H](CN3CCN(c4ncccn4)CC3)C[C@H](c3ccc(CO)cc3)O2)cc1)NO. The number of aliphatic hydroxyl groups excluding tert-OH is 1. The Balaban J connectivity index is 1.16. The highest BCUT2D eigenvalue weighted by atomic mass is 16.7. The van der Waals surface area contributed by atoms with Crippen LogP contribution >= 0.6 is 0 Å². The number of piperazine rings is 1. The molecule has 0 aliphatic carbocycles. The van der Waals surface area contributed by atoms with Crippen molar-refractivity contribution in [2.45, 2.75) is 70.2 Å². The molecule has 2 aliphatic rings. The summed E-state index contributed by atoms with van der Waals surface area (Å²) in [5.41, 5.74) is 5.42. The maximum Gasteiger partial charge on any atom is 0.243 e. The zero-order chi connectivity index (χ0) is 32.1. The number of hydrogen-bond donors (Lipinski definition) is 4. The van der Waals surface area contributed by atoms with E-state index in [2.05, 4.69) is 25.1 Å². The van der Waals surface area contributed by atoms with Gasteiger partial charge in [0.25, 0.3) is 0 Å². The minimum atomic E-state index is -0.545. The molecule has 12 heteroatoms. The molecule has 0 radical (unpaired) electrons. The molecule has 0 spiro atoms. The monoisotopic (exact) mass is 632 g/mol. The molecule has 1 aromatic heterocycles. The lowest BCUT2D eigenvalue weighted by Gasteiger charge is -2.40. The maximum absolute atomic E-state index is 12.3. The number of carbonyl (C=O) groups is 2. The Kier molecular flexibility index (Phi) is 12.4. The number of hydroxylamine groups is 1. The normalized spacial score (nSPS) is 20.3. The van der Waals surface area contributed by atoms with Crippen molar-refractivity contribution >= 4 is 17.8 Å². The number of benzene rings is 2. The van der Waals surface area contributed by atoms with Crippen LogP contribution in [0.1, 0.15) is 73.2 Å². The van der Waals surface area contributed by atoms with Crippen LogP contribution in [0.3, 0.4) is 0 Å². The van der Waals surface area contributed by atoms with Crippen molar-refractivity contribution < 1.29 is 29.4 Å². The predicted octanol–water partition coefficient (Wildman–Crippen LogP) is 3.41. The van der Waals surface area contributed by atoms with E-state index in [0.29, 0.717) is 25.8 Å². The topological polar surface area (TPSA) is 149 Å². The number of carbonyl (C=O) groups excluding carboxylic acids is 2. The molecule has 2 aromatic carbocycles. The number of unbranched alkanes of at least 4 members (excludes halogenated alkanes) is 2. The van der Waals surface area contributed by atoms with Crippen LogP contribution in [-0.4, -0.2) is 75.8 Å². The molecule has 3 heterocycles. The van der Waals surface area contributed by atoms with Gasteiger partial charge in [0.15, 0.2) is 6.29 Å².